The normalized spacial score (nSPS) is 12.4. The fraction of sp³-hybridized carbons (Fsp3) is 0.308. The molecule has 1 atom stereocenters. The molecule has 1 N–H and O–H groups in total. The third kappa shape index (κ3) is 2.94. The van der Waals surface area contributed by atoms with Gasteiger partial charge in [0, 0.05) is 11.3 Å². The van der Waals surface area contributed by atoms with Crippen LogP contribution >= 0.6 is 22.9 Å². The molecule has 1 unspecified atom stereocenters. The summed E-state index contributed by atoms with van der Waals surface area (Å²) in [4.78, 5) is 13.0. The smallest absolute Gasteiger partial charge is 0.287 e. The van der Waals surface area contributed by atoms with Crippen LogP contribution in [0.2, 0.25) is 4.34 Å². The van der Waals surface area contributed by atoms with Crippen LogP contribution in [0, 0.1) is 0 Å². The second kappa shape index (κ2) is 5.59. The molecule has 18 heavy (non-hydrogen) atoms. The summed E-state index contributed by atoms with van der Waals surface area (Å²) in [5.74, 6) is 0.958. The summed E-state index contributed by atoms with van der Waals surface area (Å²) in [6.07, 6.45) is 0.781. The van der Waals surface area contributed by atoms with Gasteiger partial charge < -0.3 is 9.73 Å². The van der Waals surface area contributed by atoms with Crippen LogP contribution in [0.5, 0.6) is 0 Å². The molecular formula is C13H14ClNO2S. The maximum Gasteiger partial charge on any atom is 0.287 e. The minimum absolute atomic E-state index is 0.0785. The number of carbonyl (C=O) groups is 1. The van der Waals surface area contributed by atoms with Crippen LogP contribution in [-0.2, 0) is 6.42 Å². The number of carbonyl (C=O) groups excluding carboxylic acids is 1. The molecule has 0 saturated heterocycles. The predicted molar refractivity (Wildman–Crippen MR) is 73.3 cm³/mol. The van der Waals surface area contributed by atoms with Gasteiger partial charge in [0.2, 0.25) is 0 Å². The van der Waals surface area contributed by atoms with Gasteiger partial charge in [-0.15, -0.1) is 11.3 Å². The molecule has 5 heteroatoms. The Morgan fingerprint density at radius 2 is 2.22 bits per heavy atom. The Morgan fingerprint density at radius 1 is 1.44 bits per heavy atom. The number of hydrogen-bond acceptors (Lipinski definition) is 3. The van der Waals surface area contributed by atoms with Crippen molar-refractivity contribution in [1.82, 2.24) is 5.32 Å². The largest absolute Gasteiger partial charge is 0.456 e. The lowest BCUT2D eigenvalue weighted by Gasteiger charge is -2.10. The summed E-state index contributed by atoms with van der Waals surface area (Å²) in [6, 6.07) is 7.18. The summed E-state index contributed by atoms with van der Waals surface area (Å²) in [5, 5.41) is 2.88. The Hall–Kier alpha value is -1.26. The van der Waals surface area contributed by atoms with E-state index in [0.717, 1.165) is 21.4 Å². The van der Waals surface area contributed by atoms with E-state index < -0.39 is 0 Å². The van der Waals surface area contributed by atoms with Crippen LogP contribution in [0.1, 0.15) is 41.1 Å². The quantitative estimate of drug-likeness (QED) is 0.920. The number of aryl methyl sites for hydroxylation is 1. The van der Waals surface area contributed by atoms with Gasteiger partial charge in [-0.2, -0.15) is 0 Å². The fourth-order valence-electron chi connectivity index (χ4n) is 1.59. The maximum atomic E-state index is 11.9. The zero-order chi connectivity index (χ0) is 13.1. The van der Waals surface area contributed by atoms with Crippen LogP contribution in [0.25, 0.3) is 0 Å². The molecule has 3 nitrogen and oxygen atoms in total. The van der Waals surface area contributed by atoms with Gasteiger partial charge in [0.1, 0.15) is 5.76 Å². The average molecular weight is 284 g/mol. The van der Waals surface area contributed by atoms with E-state index in [9.17, 15) is 4.79 Å². The number of thiophene rings is 1. The fourth-order valence-corrected chi connectivity index (χ4v) is 2.65. The van der Waals surface area contributed by atoms with Crippen molar-refractivity contribution in [3.8, 4) is 0 Å². The van der Waals surface area contributed by atoms with E-state index in [-0.39, 0.29) is 11.9 Å². The molecule has 1 amide bonds. The Labute approximate surface area is 115 Å². The second-order valence-electron chi connectivity index (χ2n) is 3.96. The zero-order valence-electron chi connectivity index (χ0n) is 10.2. The third-order valence-electron chi connectivity index (χ3n) is 2.60. The van der Waals surface area contributed by atoms with Crippen molar-refractivity contribution in [2.45, 2.75) is 26.3 Å². The summed E-state index contributed by atoms with van der Waals surface area (Å²) >= 11 is 7.33. The van der Waals surface area contributed by atoms with Gasteiger partial charge in [0.25, 0.3) is 5.91 Å². The molecule has 0 aromatic carbocycles. The van der Waals surface area contributed by atoms with Crippen LogP contribution in [0.3, 0.4) is 0 Å². The molecule has 0 saturated carbocycles. The summed E-state index contributed by atoms with van der Waals surface area (Å²) in [6.45, 7) is 3.90. The zero-order valence-corrected chi connectivity index (χ0v) is 11.8. The summed E-state index contributed by atoms with van der Waals surface area (Å²) < 4.78 is 6.12. The van der Waals surface area contributed by atoms with Crippen molar-refractivity contribution in [1.29, 1.82) is 0 Å². The standard InChI is InChI=1S/C13H14ClNO2S/c1-3-9-4-5-10(17-9)13(16)15-8(2)11-6-7-12(14)18-11/h4-8H,3H2,1-2H3,(H,15,16). The highest BCUT2D eigenvalue weighted by Gasteiger charge is 2.15. The first kappa shape index (κ1) is 13.2. The Kier molecular flexibility index (Phi) is 4.09. The van der Waals surface area contributed by atoms with E-state index in [1.165, 1.54) is 11.3 Å². The van der Waals surface area contributed by atoms with Gasteiger partial charge in [-0.3, -0.25) is 4.79 Å². The molecule has 96 valence electrons. The Balaban J connectivity index is 2.02. The molecule has 2 heterocycles. The lowest BCUT2D eigenvalue weighted by molar-refractivity contribution is 0.0911. The van der Waals surface area contributed by atoms with E-state index in [0.29, 0.717) is 5.76 Å². The van der Waals surface area contributed by atoms with E-state index in [1.54, 1.807) is 6.07 Å². The van der Waals surface area contributed by atoms with Crippen molar-refractivity contribution >= 4 is 28.8 Å². The highest BCUT2D eigenvalue weighted by atomic mass is 35.5. The summed E-state index contributed by atoms with van der Waals surface area (Å²) in [7, 11) is 0. The number of amides is 1. The Morgan fingerprint density at radius 3 is 2.78 bits per heavy atom. The van der Waals surface area contributed by atoms with Gasteiger partial charge >= 0.3 is 0 Å². The number of halogens is 1. The number of nitrogens with one attached hydrogen (secondary N) is 1. The molecule has 0 aliphatic carbocycles. The molecular weight excluding hydrogens is 270 g/mol. The first-order chi connectivity index (χ1) is 8.60. The van der Waals surface area contributed by atoms with E-state index in [2.05, 4.69) is 5.32 Å². The van der Waals surface area contributed by atoms with E-state index in [4.69, 9.17) is 16.0 Å². The minimum atomic E-state index is -0.202. The van der Waals surface area contributed by atoms with E-state index >= 15 is 0 Å². The first-order valence-corrected chi connectivity index (χ1v) is 6.94. The molecule has 2 aromatic rings. The highest BCUT2D eigenvalue weighted by molar-refractivity contribution is 7.16. The number of hydrogen-bond donors (Lipinski definition) is 1. The van der Waals surface area contributed by atoms with Crippen LogP contribution in [0.4, 0.5) is 0 Å². The summed E-state index contributed by atoms with van der Waals surface area (Å²) in [5.41, 5.74) is 0. The average Bonchev–Trinajstić information content (AvgIpc) is 2.97. The van der Waals surface area contributed by atoms with Crippen molar-refractivity contribution in [3.63, 3.8) is 0 Å². The van der Waals surface area contributed by atoms with Gasteiger partial charge in [-0.1, -0.05) is 18.5 Å². The van der Waals surface area contributed by atoms with Crippen molar-refractivity contribution in [2.75, 3.05) is 0 Å². The van der Waals surface area contributed by atoms with Gasteiger partial charge in [0.15, 0.2) is 5.76 Å². The van der Waals surface area contributed by atoms with E-state index in [1.807, 2.05) is 32.0 Å². The van der Waals surface area contributed by atoms with Crippen molar-refractivity contribution in [2.24, 2.45) is 0 Å². The molecule has 2 rings (SSSR count). The molecule has 0 fully saturated rings. The molecule has 0 radical (unpaired) electrons. The lowest BCUT2D eigenvalue weighted by atomic mass is 10.2. The Bertz CT molecular complexity index is 547. The van der Waals surface area contributed by atoms with Gasteiger partial charge in [-0.05, 0) is 31.2 Å². The van der Waals surface area contributed by atoms with Crippen LogP contribution < -0.4 is 5.32 Å². The van der Waals surface area contributed by atoms with Crippen LogP contribution in [0.15, 0.2) is 28.7 Å². The number of rotatable bonds is 4. The SMILES string of the molecule is CCc1ccc(C(=O)NC(C)c2ccc(Cl)s2)o1. The molecule has 2 aromatic heterocycles. The van der Waals surface area contributed by atoms with Crippen molar-refractivity contribution in [3.05, 3.63) is 45.0 Å². The molecule has 0 bridgehead atoms. The highest BCUT2D eigenvalue weighted by Crippen LogP contribution is 2.26. The second-order valence-corrected chi connectivity index (χ2v) is 5.70. The molecule has 0 spiro atoms. The van der Waals surface area contributed by atoms with Gasteiger partial charge in [-0.25, -0.2) is 0 Å². The van der Waals surface area contributed by atoms with Crippen LogP contribution in [-0.4, -0.2) is 5.91 Å². The predicted octanol–water partition coefficient (Wildman–Crippen LogP) is 4.05. The lowest BCUT2D eigenvalue weighted by Crippen LogP contribution is -2.25. The number of furan rings is 1. The molecule has 0 aliphatic rings. The molecule has 0 aliphatic heterocycles. The minimum Gasteiger partial charge on any atom is -0.456 e. The monoisotopic (exact) mass is 283 g/mol. The third-order valence-corrected chi connectivity index (χ3v) is 4.02. The van der Waals surface area contributed by atoms with Gasteiger partial charge in [0.05, 0.1) is 10.4 Å². The first-order valence-electron chi connectivity index (χ1n) is 5.75. The topological polar surface area (TPSA) is 42.2 Å². The van der Waals surface area contributed by atoms with Crippen molar-refractivity contribution < 1.29 is 9.21 Å². The maximum absolute atomic E-state index is 11.9.